The van der Waals surface area contributed by atoms with Crippen LogP contribution in [0.2, 0.25) is 0 Å². The molecule has 0 bridgehead atoms. The van der Waals surface area contributed by atoms with Crippen LogP contribution in [0.5, 0.6) is 0 Å². The molecule has 0 heterocycles. The molecule has 0 rings (SSSR count). The Morgan fingerprint density at radius 1 is 0.435 bits per heavy atom. The zero-order chi connectivity index (χ0) is 17.2. The van der Waals surface area contributed by atoms with E-state index in [-0.39, 0.29) is 10.0 Å². The van der Waals surface area contributed by atoms with Crippen molar-refractivity contribution in [3.05, 3.63) is 0 Å². The Morgan fingerprint density at radius 2 is 0.696 bits per heavy atom. The van der Waals surface area contributed by atoms with Gasteiger partial charge in [-0.15, -0.1) is 0 Å². The van der Waals surface area contributed by atoms with Gasteiger partial charge >= 0.3 is 0 Å². The maximum atomic E-state index is 8.71. The fourth-order valence-electron chi connectivity index (χ4n) is 3.12. The predicted molar refractivity (Wildman–Crippen MR) is 111 cm³/mol. The van der Waals surface area contributed by atoms with Crippen molar-refractivity contribution < 1.29 is 5.11 Å². The Hall–Kier alpha value is 0.310. The van der Waals surface area contributed by atoms with Crippen molar-refractivity contribution in [1.82, 2.24) is 0 Å². The number of aliphatic hydroxyl groups excluding tert-OH is 1. The third kappa shape index (κ3) is 22.3. The van der Waals surface area contributed by atoms with Crippen LogP contribution in [0.4, 0.5) is 0 Å². The molecule has 0 aliphatic heterocycles. The molecule has 1 N–H and O–H groups in total. The third-order valence-electron chi connectivity index (χ3n) is 4.66. The second-order valence-electron chi connectivity index (χ2n) is 8.18. The lowest BCUT2D eigenvalue weighted by Gasteiger charge is -2.24. The maximum absolute atomic E-state index is 8.71. The van der Waals surface area contributed by atoms with Crippen LogP contribution in [-0.2, 0) is 0 Å². The lowest BCUT2D eigenvalue weighted by molar-refractivity contribution is 0.282. The van der Waals surface area contributed by atoms with Crippen LogP contribution in [0, 0.1) is 0 Å². The monoisotopic (exact) mass is 346 g/mol. The Balaban J connectivity index is 3.00. The molecular weight excluding hydrogens is 300 g/mol. The average molecular weight is 347 g/mol. The van der Waals surface area contributed by atoms with E-state index in [1.165, 1.54) is 102 Å². The van der Waals surface area contributed by atoms with Gasteiger partial charge in [0.1, 0.15) is 0 Å². The maximum Gasteiger partial charge on any atom is 0.0431 e. The lowest BCUT2D eigenvalue weighted by atomic mass is 10.0. The number of rotatable bonds is 18. The fraction of sp³-hybridized carbons (Fsp3) is 1.00. The van der Waals surface area contributed by atoms with E-state index in [1.54, 1.807) is 0 Å². The van der Waals surface area contributed by atoms with Gasteiger partial charge in [-0.2, -0.15) is 0 Å². The first kappa shape index (κ1) is 23.3. The predicted octanol–water partition coefficient (Wildman–Crippen LogP) is 6.91. The zero-order valence-corrected chi connectivity index (χ0v) is 17.4. The summed E-state index contributed by atoms with van der Waals surface area (Å²) in [6.07, 6.45) is 29.6. The summed E-state index contributed by atoms with van der Waals surface area (Å²) in [5.41, 5.74) is 0. The molecule has 0 amide bonds. The van der Waals surface area contributed by atoms with Crippen molar-refractivity contribution in [2.24, 2.45) is 0 Å². The molecule has 142 valence electrons. The second-order valence-corrected chi connectivity index (χ2v) is 12.8. The van der Waals surface area contributed by atoms with E-state index in [1.807, 2.05) is 0 Å². The molecular formula is C21H46OS. The minimum absolute atomic E-state index is 0.255. The summed E-state index contributed by atoms with van der Waals surface area (Å²) in [5, 5.41) is 8.71. The standard InChI is InChI=1S/C21H46OS/c1-23(2,3)21-19-17-15-13-11-9-7-5-4-6-8-10-12-14-16-18-20-22/h22H,4-21H2,1-3H3. The summed E-state index contributed by atoms with van der Waals surface area (Å²) in [6.45, 7) is 0.373. The van der Waals surface area contributed by atoms with Crippen molar-refractivity contribution in [3.8, 4) is 0 Å². The highest BCUT2D eigenvalue weighted by Gasteiger charge is 2.02. The molecule has 0 aromatic heterocycles. The average Bonchev–Trinajstić information content (AvgIpc) is 2.49. The van der Waals surface area contributed by atoms with Gasteiger partial charge in [0.15, 0.2) is 0 Å². The van der Waals surface area contributed by atoms with Gasteiger partial charge in [0, 0.05) is 6.61 Å². The van der Waals surface area contributed by atoms with Gasteiger partial charge < -0.3 is 5.11 Å². The summed E-state index contributed by atoms with van der Waals surface area (Å²) >= 11 is 0. The molecule has 0 aromatic carbocycles. The van der Waals surface area contributed by atoms with Crippen molar-refractivity contribution >= 4 is 10.0 Å². The van der Waals surface area contributed by atoms with Crippen LogP contribution in [0.25, 0.3) is 0 Å². The first-order valence-corrected chi connectivity index (χ1v) is 13.4. The van der Waals surface area contributed by atoms with Crippen molar-refractivity contribution in [2.45, 2.75) is 103 Å². The molecule has 0 aliphatic rings. The number of aliphatic hydroxyl groups is 1. The molecule has 0 radical (unpaired) electrons. The van der Waals surface area contributed by atoms with E-state index >= 15 is 0 Å². The van der Waals surface area contributed by atoms with Gasteiger partial charge in [0.25, 0.3) is 0 Å². The van der Waals surface area contributed by atoms with E-state index in [4.69, 9.17) is 5.11 Å². The van der Waals surface area contributed by atoms with E-state index in [9.17, 15) is 0 Å². The summed E-state index contributed by atoms with van der Waals surface area (Å²) in [6, 6.07) is 0. The Bertz CT molecular complexity index is 222. The molecule has 0 saturated heterocycles. The van der Waals surface area contributed by atoms with Gasteiger partial charge in [0.05, 0.1) is 0 Å². The largest absolute Gasteiger partial charge is 0.396 e. The highest BCUT2D eigenvalue weighted by Crippen LogP contribution is 2.35. The second kappa shape index (κ2) is 17.1. The molecule has 0 unspecified atom stereocenters. The number of unbranched alkanes of at least 4 members (excludes halogenated alkanes) is 15. The van der Waals surface area contributed by atoms with Crippen LogP contribution in [0.1, 0.15) is 103 Å². The Kier molecular flexibility index (Phi) is 17.4. The summed E-state index contributed by atoms with van der Waals surface area (Å²) < 4.78 is 0. The number of hydrogen-bond acceptors (Lipinski definition) is 1. The molecule has 0 saturated carbocycles. The van der Waals surface area contributed by atoms with Gasteiger partial charge in [-0.05, 0) is 37.4 Å². The summed E-state index contributed by atoms with van der Waals surface area (Å²) in [4.78, 5) is 0. The molecule has 0 fully saturated rings. The third-order valence-corrected chi connectivity index (χ3v) is 6.18. The lowest BCUT2D eigenvalue weighted by Crippen LogP contribution is -1.98. The van der Waals surface area contributed by atoms with Crippen LogP contribution < -0.4 is 0 Å². The quantitative estimate of drug-likeness (QED) is 0.267. The fourth-order valence-corrected chi connectivity index (χ4v) is 4.19. The minimum Gasteiger partial charge on any atom is -0.396 e. The van der Waals surface area contributed by atoms with Crippen molar-refractivity contribution in [2.75, 3.05) is 31.1 Å². The smallest absolute Gasteiger partial charge is 0.0431 e. The molecule has 2 heteroatoms. The van der Waals surface area contributed by atoms with Gasteiger partial charge in [-0.25, -0.2) is 10.0 Å². The van der Waals surface area contributed by atoms with Crippen LogP contribution in [0.15, 0.2) is 0 Å². The van der Waals surface area contributed by atoms with E-state index in [0.717, 1.165) is 6.42 Å². The van der Waals surface area contributed by atoms with Gasteiger partial charge in [-0.3, -0.25) is 0 Å². The molecule has 0 atom stereocenters. The molecule has 1 nitrogen and oxygen atoms in total. The summed E-state index contributed by atoms with van der Waals surface area (Å²) in [7, 11) is -0.255. The summed E-state index contributed by atoms with van der Waals surface area (Å²) in [5.74, 6) is 1.47. The van der Waals surface area contributed by atoms with E-state index in [0.29, 0.717) is 6.61 Å². The normalized spacial score (nSPS) is 12.7. The van der Waals surface area contributed by atoms with Gasteiger partial charge in [-0.1, -0.05) is 89.9 Å². The highest BCUT2D eigenvalue weighted by molar-refractivity contribution is 8.32. The Morgan fingerprint density at radius 3 is 0.957 bits per heavy atom. The van der Waals surface area contributed by atoms with E-state index in [2.05, 4.69) is 18.8 Å². The first-order chi connectivity index (χ1) is 11.1. The van der Waals surface area contributed by atoms with Crippen LogP contribution in [0.3, 0.4) is 0 Å². The highest BCUT2D eigenvalue weighted by atomic mass is 32.3. The van der Waals surface area contributed by atoms with Crippen molar-refractivity contribution in [3.63, 3.8) is 0 Å². The zero-order valence-electron chi connectivity index (χ0n) is 16.6. The first-order valence-electron chi connectivity index (χ1n) is 10.3. The molecule has 0 spiro atoms. The SMILES string of the molecule is CS(C)(C)CCCCCCCCCCCCCCCCCCO. The van der Waals surface area contributed by atoms with E-state index < -0.39 is 0 Å². The minimum atomic E-state index is -0.255. The van der Waals surface area contributed by atoms with Crippen molar-refractivity contribution in [1.29, 1.82) is 0 Å². The van der Waals surface area contributed by atoms with Crippen LogP contribution in [-0.4, -0.2) is 36.2 Å². The molecule has 0 aromatic rings. The topological polar surface area (TPSA) is 20.2 Å². The van der Waals surface area contributed by atoms with Crippen LogP contribution >= 0.6 is 10.0 Å². The molecule has 0 aliphatic carbocycles. The van der Waals surface area contributed by atoms with Gasteiger partial charge in [0.2, 0.25) is 0 Å². The number of hydrogen-bond donors (Lipinski definition) is 1. The Labute approximate surface area is 149 Å². The molecule has 23 heavy (non-hydrogen) atoms.